The minimum atomic E-state index is -0.0326. The topological polar surface area (TPSA) is 68.0 Å². The van der Waals surface area contributed by atoms with Crippen molar-refractivity contribution in [2.45, 2.75) is 26.3 Å². The normalized spacial score (nSPS) is 12.2. The van der Waals surface area contributed by atoms with E-state index < -0.39 is 0 Å². The second-order valence-electron chi connectivity index (χ2n) is 3.65. The lowest BCUT2D eigenvalue weighted by atomic mass is 10.1. The summed E-state index contributed by atoms with van der Waals surface area (Å²) in [6, 6.07) is 3.82. The first-order valence-corrected chi connectivity index (χ1v) is 5.03. The van der Waals surface area contributed by atoms with Crippen LogP contribution < -0.4 is 11.1 Å². The number of pyridine rings is 1. The lowest BCUT2D eigenvalue weighted by Crippen LogP contribution is -2.38. The smallest absolute Gasteiger partial charge is 0.226 e. The van der Waals surface area contributed by atoms with Crippen LogP contribution in [0.5, 0.6) is 0 Å². The molecule has 3 N–H and O–H groups in total. The van der Waals surface area contributed by atoms with Gasteiger partial charge < -0.3 is 11.1 Å². The van der Waals surface area contributed by atoms with Crippen molar-refractivity contribution in [3.63, 3.8) is 0 Å². The quantitative estimate of drug-likeness (QED) is 0.750. The maximum atomic E-state index is 11.5. The van der Waals surface area contributed by atoms with Crippen molar-refractivity contribution in [1.29, 1.82) is 0 Å². The van der Waals surface area contributed by atoms with Crippen LogP contribution in [0.2, 0.25) is 0 Å². The van der Waals surface area contributed by atoms with Gasteiger partial charge in [-0.15, -0.1) is 0 Å². The highest BCUT2D eigenvalue weighted by Gasteiger charge is 2.08. The average molecular weight is 207 g/mol. The molecule has 0 aliphatic carbocycles. The fourth-order valence-corrected chi connectivity index (χ4v) is 1.24. The monoisotopic (exact) mass is 207 g/mol. The van der Waals surface area contributed by atoms with Crippen molar-refractivity contribution in [3.05, 3.63) is 29.6 Å². The zero-order chi connectivity index (χ0) is 11.3. The summed E-state index contributed by atoms with van der Waals surface area (Å²) < 4.78 is 0. The molecule has 4 heteroatoms. The molecule has 1 amide bonds. The summed E-state index contributed by atoms with van der Waals surface area (Å²) in [5.41, 5.74) is 7.27. The summed E-state index contributed by atoms with van der Waals surface area (Å²) in [5.74, 6) is -0.0326. The maximum absolute atomic E-state index is 11.5. The van der Waals surface area contributed by atoms with E-state index in [0.717, 1.165) is 11.3 Å². The molecule has 0 fully saturated rings. The van der Waals surface area contributed by atoms with Gasteiger partial charge >= 0.3 is 0 Å². The van der Waals surface area contributed by atoms with Gasteiger partial charge in [0.2, 0.25) is 5.91 Å². The number of amides is 1. The van der Waals surface area contributed by atoms with Crippen molar-refractivity contribution in [1.82, 2.24) is 10.3 Å². The first kappa shape index (κ1) is 11.7. The molecule has 0 saturated carbocycles. The molecule has 0 bridgehead atoms. The molecule has 15 heavy (non-hydrogen) atoms. The van der Waals surface area contributed by atoms with Crippen molar-refractivity contribution >= 4 is 5.91 Å². The highest BCUT2D eigenvalue weighted by molar-refractivity contribution is 5.78. The second kappa shape index (κ2) is 5.46. The van der Waals surface area contributed by atoms with Gasteiger partial charge in [-0.2, -0.15) is 0 Å². The van der Waals surface area contributed by atoms with Crippen molar-refractivity contribution in [2.75, 3.05) is 6.54 Å². The molecule has 4 nitrogen and oxygen atoms in total. The number of carbonyl (C=O) groups excluding carboxylic acids is 1. The number of aryl methyl sites for hydroxylation is 1. The van der Waals surface area contributed by atoms with E-state index >= 15 is 0 Å². The van der Waals surface area contributed by atoms with Gasteiger partial charge in [-0.1, -0.05) is 6.07 Å². The number of aromatic nitrogens is 1. The SMILES string of the molecule is Cc1cccnc1CC(=O)N[C@H](C)CN. The van der Waals surface area contributed by atoms with E-state index in [4.69, 9.17) is 5.73 Å². The number of hydrogen-bond donors (Lipinski definition) is 2. The Balaban J connectivity index is 2.55. The van der Waals surface area contributed by atoms with Gasteiger partial charge in [0.15, 0.2) is 0 Å². The fourth-order valence-electron chi connectivity index (χ4n) is 1.24. The Morgan fingerprint density at radius 3 is 3.00 bits per heavy atom. The van der Waals surface area contributed by atoms with E-state index in [-0.39, 0.29) is 11.9 Å². The number of rotatable bonds is 4. The standard InChI is InChI=1S/C11H17N3O/c1-8-4-3-5-13-10(8)6-11(15)14-9(2)7-12/h3-5,9H,6-7,12H2,1-2H3,(H,14,15)/t9-/m1/s1. The third kappa shape index (κ3) is 3.67. The number of carbonyl (C=O) groups is 1. The van der Waals surface area contributed by atoms with Crippen LogP contribution in [-0.4, -0.2) is 23.5 Å². The molecule has 0 radical (unpaired) electrons. The molecule has 1 heterocycles. The molecular weight excluding hydrogens is 190 g/mol. The van der Waals surface area contributed by atoms with Crippen LogP contribution in [0.1, 0.15) is 18.2 Å². The fraction of sp³-hybridized carbons (Fsp3) is 0.455. The zero-order valence-corrected chi connectivity index (χ0v) is 9.16. The molecule has 0 unspecified atom stereocenters. The van der Waals surface area contributed by atoms with Crippen LogP contribution in [0.4, 0.5) is 0 Å². The van der Waals surface area contributed by atoms with Crippen LogP contribution >= 0.6 is 0 Å². The zero-order valence-electron chi connectivity index (χ0n) is 9.16. The first-order chi connectivity index (χ1) is 7.13. The molecule has 0 spiro atoms. The van der Waals surface area contributed by atoms with Gasteiger partial charge in [-0.05, 0) is 25.5 Å². The molecule has 1 aromatic rings. The van der Waals surface area contributed by atoms with Gasteiger partial charge in [-0.3, -0.25) is 9.78 Å². The third-order valence-electron chi connectivity index (χ3n) is 2.21. The molecule has 0 aliphatic heterocycles. The van der Waals surface area contributed by atoms with E-state index in [1.54, 1.807) is 6.20 Å². The van der Waals surface area contributed by atoms with E-state index in [1.165, 1.54) is 0 Å². The Hall–Kier alpha value is -1.42. The molecule has 82 valence electrons. The van der Waals surface area contributed by atoms with E-state index in [9.17, 15) is 4.79 Å². The predicted octanol–water partition coefficient (Wildman–Crippen LogP) is 0.396. The minimum Gasteiger partial charge on any atom is -0.352 e. The van der Waals surface area contributed by atoms with E-state index in [2.05, 4.69) is 10.3 Å². The predicted molar refractivity (Wildman–Crippen MR) is 59.3 cm³/mol. The van der Waals surface area contributed by atoms with Gasteiger partial charge in [0.05, 0.1) is 12.1 Å². The second-order valence-corrected chi connectivity index (χ2v) is 3.65. The molecule has 0 aliphatic rings. The van der Waals surface area contributed by atoms with Crippen LogP contribution in [-0.2, 0) is 11.2 Å². The maximum Gasteiger partial charge on any atom is 0.226 e. The van der Waals surface area contributed by atoms with E-state index in [1.807, 2.05) is 26.0 Å². The van der Waals surface area contributed by atoms with Crippen LogP contribution in [0.15, 0.2) is 18.3 Å². The Bertz CT molecular complexity index is 338. The summed E-state index contributed by atoms with van der Waals surface area (Å²) in [6.07, 6.45) is 2.01. The first-order valence-electron chi connectivity index (χ1n) is 5.03. The van der Waals surface area contributed by atoms with Crippen LogP contribution in [0, 0.1) is 6.92 Å². The molecule has 1 aromatic heterocycles. The average Bonchev–Trinajstić information content (AvgIpc) is 2.21. The summed E-state index contributed by atoms with van der Waals surface area (Å²) in [4.78, 5) is 15.7. The third-order valence-corrected chi connectivity index (χ3v) is 2.21. The molecule has 0 saturated heterocycles. The van der Waals surface area contributed by atoms with Crippen molar-refractivity contribution in [3.8, 4) is 0 Å². The van der Waals surface area contributed by atoms with E-state index in [0.29, 0.717) is 13.0 Å². The Morgan fingerprint density at radius 1 is 1.67 bits per heavy atom. The number of nitrogens with two attached hydrogens (primary N) is 1. The number of nitrogens with one attached hydrogen (secondary N) is 1. The highest BCUT2D eigenvalue weighted by Crippen LogP contribution is 2.03. The summed E-state index contributed by atoms with van der Waals surface area (Å²) in [6.45, 7) is 4.28. The lowest BCUT2D eigenvalue weighted by Gasteiger charge is -2.11. The highest BCUT2D eigenvalue weighted by atomic mass is 16.1. The number of nitrogens with zero attached hydrogens (tertiary/aromatic N) is 1. The lowest BCUT2D eigenvalue weighted by molar-refractivity contribution is -0.121. The Morgan fingerprint density at radius 2 is 2.40 bits per heavy atom. The van der Waals surface area contributed by atoms with Crippen molar-refractivity contribution in [2.24, 2.45) is 5.73 Å². The van der Waals surface area contributed by atoms with Gasteiger partial charge in [0.25, 0.3) is 0 Å². The van der Waals surface area contributed by atoms with Gasteiger partial charge in [0, 0.05) is 18.8 Å². The minimum absolute atomic E-state index is 0.0153. The van der Waals surface area contributed by atoms with Crippen LogP contribution in [0.25, 0.3) is 0 Å². The summed E-state index contributed by atoms with van der Waals surface area (Å²) in [5, 5.41) is 2.80. The summed E-state index contributed by atoms with van der Waals surface area (Å²) >= 11 is 0. The largest absolute Gasteiger partial charge is 0.352 e. The Labute approximate surface area is 89.9 Å². The number of hydrogen-bond acceptors (Lipinski definition) is 3. The van der Waals surface area contributed by atoms with Gasteiger partial charge in [0.1, 0.15) is 0 Å². The van der Waals surface area contributed by atoms with Gasteiger partial charge in [-0.25, -0.2) is 0 Å². The molecule has 0 aromatic carbocycles. The Kier molecular flexibility index (Phi) is 4.24. The molecule has 1 rings (SSSR count). The van der Waals surface area contributed by atoms with Crippen molar-refractivity contribution < 1.29 is 4.79 Å². The molecular formula is C11H17N3O. The summed E-state index contributed by atoms with van der Waals surface area (Å²) in [7, 11) is 0. The molecule has 1 atom stereocenters. The van der Waals surface area contributed by atoms with Crippen LogP contribution in [0.3, 0.4) is 0 Å².